The summed E-state index contributed by atoms with van der Waals surface area (Å²) in [6.45, 7) is 0.593. The summed E-state index contributed by atoms with van der Waals surface area (Å²) in [5, 5.41) is 3.19. The molecule has 3 aromatic carbocycles. The number of carbonyl (C=O) groups excluding carboxylic acids is 1. The van der Waals surface area contributed by atoms with E-state index in [0.29, 0.717) is 31.7 Å². The highest BCUT2D eigenvalue weighted by Gasteiger charge is 2.33. The SMILES string of the molecule is COc1ccc([C@@H](NC(=O)C2CCN(S(=O)(=O)c3ccc(OC)cc3)CC2)c2ccccc2)cc1. The zero-order valence-corrected chi connectivity index (χ0v) is 20.7. The van der Waals surface area contributed by atoms with Crippen LogP contribution in [0.25, 0.3) is 0 Å². The number of nitrogens with zero attached hydrogens (tertiary/aromatic N) is 1. The summed E-state index contributed by atoms with van der Waals surface area (Å²) in [4.78, 5) is 13.5. The fourth-order valence-electron chi connectivity index (χ4n) is 4.32. The van der Waals surface area contributed by atoms with Crippen molar-refractivity contribution in [1.29, 1.82) is 0 Å². The molecule has 1 N–H and O–H groups in total. The Kier molecular flexibility index (Phi) is 7.73. The number of benzene rings is 3. The molecule has 184 valence electrons. The van der Waals surface area contributed by atoms with Crippen LogP contribution in [0.15, 0.2) is 83.8 Å². The van der Waals surface area contributed by atoms with Crippen LogP contribution in [0.3, 0.4) is 0 Å². The first-order chi connectivity index (χ1) is 16.9. The van der Waals surface area contributed by atoms with Crippen molar-refractivity contribution in [2.24, 2.45) is 5.92 Å². The van der Waals surface area contributed by atoms with E-state index in [1.807, 2.05) is 54.6 Å². The zero-order valence-electron chi connectivity index (χ0n) is 19.9. The van der Waals surface area contributed by atoms with Crippen LogP contribution in [0.5, 0.6) is 11.5 Å². The van der Waals surface area contributed by atoms with Gasteiger partial charge in [-0.2, -0.15) is 4.31 Å². The Labute approximate surface area is 206 Å². The summed E-state index contributed by atoms with van der Waals surface area (Å²) in [5.41, 5.74) is 1.93. The second-order valence-corrected chi connectivity index (χ2v) is 10.4. The quantitative estimate of drug-likeness (QED) is 0.512. The van der Waals surface area contributed by atoms with Crippen LogP contribution in [0.2, 0.25) is 0 Å². The van der Waals surface area contributed by atoms with E-state index in [4.69, 9.17) is 9.47 Å². The molecule has 1 saturated heterocycles. The summed E-state index contributed by atoms with van der Waals surface area (Å²) in [6, 6.07) is 23.5. The van der Waals surface area contributed by atoms with Gasteiger partial charge in [-0.3, -0.25) is 4.79 Å². The fourth-order valence-corrected chi connectivity index (χ4v) is 5.79. The predicted octanol–water partition coefficient (Wildman–Crippen LogP) is 4.01. The van der Waals surface area contributed by atoms with Crippen molar-refractivity contribution in [1.82, 2.24) is 9.62 Å². The van der Waals surface area contributed by atoms with E-state index in [9.17, 15) is 13.2 Å². The molecular weight excluding hydrogens is 464 g/mol. The third-order valence-electron chi connectivity index (χ3n) is 6.39. The minimum absolute atomic E-state index is 0.0730. The summed E-state index contributed by atoms with van der Waals surface area (Å²) in [6.07, 6.45) is 0.927. The molecular formula is C27H30N2O5S. The monoisotopic (exact) mass is 494 g/mol. The Morgan fingerprint density at radius 1 is 0.829 bits per heavy atom. The molecule has 0 saturated carbocycles. The number of methoxy groups -OCH3 is 2. The van der Waals surface area contributed by atoms with Gasteiger partial charge in [-0.15, -0.1) is 0 Å². The van der Waals surface area contributed by atoms with Crippen LogP contribution in [0, 0.1) is 5.92 Å². The molecule has 0 aromatic heterocycles. The number of nitrogens with one attached hydrogen (secondary N) is 1. The Bertz CT molecular complexity index is 1220. The lowest BCUT2D eigenvalue weighted by Crippen LogP contribution is -2.43. The highest BCUT2D eigenvalue weighted by Crippen LogP contribution is 2.28. The average Bonchev–Trinajstić information content (AvgIpc) is 2.92. The third kappa shape index (κ3) is 5.66. The van der Waals surface area contributed by atoms with Crippen molar-refractivity contribution < 1.29 is 22.7 Å². The lowest BCUT2D eigenvalue weighted by Gasteiger charge is -2.31. The molecule has 1 aliphatic rings. The van der Waals surface area contributed by atoms with Crippen LogP contribution in [-0.4, -0.2) is 45.9 Å². The van der Waals surface area contributed by atoms with E-state index < -0.39 is 10.0 Å². The maximum absolute atomic E-state index is 13.3. The summed E-state index contributed by atoms with van der Waals surface area (Å²) in [7, 11) is -0.462. The van der Waals surface area contributed by atoms with Gasteiger partial charge in [0.2, 0.25) is 15.9 Å². The Morgan fingerprint density at radius 2 is 1.34 bits per heavy atom. The second kappa shape index (κ2) is 10.9. The van der Waals surface area contributed by atoms with E-state index in [1.165, 1.54) is 11.4 Å². The van der Waals surface area contributed by atoms with E-state index in [1.54, 1.807) is 31.4 Å². The molecule has 1 heterocycles. The molecule has 0 unspecified atom stereocenters. The van der Waals surface area contributed by atoms with Gasteiger partial charge in [-0.1, -0.05) is 42.5 Å². The largest absolute Gasteiger partial charge is 0.497 e. The first kappa shape index (κ1) is 24.8. The topological polar surface area (TPSA) is 84.9 Å². The number of carbonyl (C=O) groups is 1. The van der Waals surface area contributed by atoms with Crippen LogP contribution in [-0.2, 0) is 14.8 Å². The summed E-state index contributed by atoms with van der Waals surface area (Å²) >= 11 is 0. The van der Waals surface area contributed by atoms with Crippen molar-refractivity contribution >= 4 is 15.9 Å². The van der Waals surface area contributed by atoms with Crippen LogP contribution >= 0.6 is 0 Å². The molecule has 1 amide bonds. The summed E-state index contributed by atoms with van der Waals surface area (Å²) in [5.74, 6) is 1.01. The first-order valence-electron chi connectivity index (χ1n) is 11.6. The smallest absolute Gasteiger partial charge is 0.243 e. The van der Waals surface area contributed by atoms with Crippen molar-refractivity contribution in [3.63, 3.8) is 0 Å². The van der Waals surface area contributed by atoms with E-state index >= 15 is 0 Å². The van der Waals surface area contributed by atoms with Gasteiger partial charge < -0.3 is 14.8 Å². The van der Waals surface area contributed by atoms with Crippen molar-refractivity contribution in [3.05, 3.63) is 90.0 Å². The minimum Gasteiger partial charge on any atom is -0.497 e. The Hall–Kier alpha value is -3.36. The van der Waals surface area contributed by atoms with E-state index in [2.05, 4.69) is 5.32 Å². The fraction of sp³-hybridized carbons (Fsp3) is 0.296. The molecule has 0 aliphatic carbocycles. The number of hydrogen-bond acceptors (Lipinski definition) is 5. The molecule has 8 heteroatoms. The van der Waals surface area contributed by atoms with E-state index in [-0.39, 0.29) is 22.8 Å². The molecule has 1 aliphatic heterocycles. The number of ether oxygens (including phenoxy) is 2. The van der Waals surface area contributed by atoms with Gasteiger partial charge in [0.05, 0.1) is 25.2 Å². The first-order valence-corrected chi connectivity index (χ1v) is 13.0. The maximum atomic E-state index is 13.3. The molecule has 1 atom stereocenters. The maximum Gasteiger partial charge on any atom is 0.243 e. The van der Waals surface area contributed by atoms with Gasteiger partial charge in [0.25, 0.3) is 0 Å². The van der Waals surface area contributed by atoms with Gasteiger partial charge in [-0.25, -0.2) is 8.42 Å². The lowest BCUT2D eigenvalue weighted by molar-refractivity contribution is -0.126. The Morgan fingerprint density at radius 3 is 1.89 bits per heavy atom. The Balaban J connectivity index is 1.44. The molecule has 0 radical (unpaired) electrons. The van der Waals surface area contributed by atoms with Crippen molar-refractivity contribution in [2.75, 3.05) is 27.3 Å². The van der Waals surface area contributed by atoms with Crippen LogP contribution in [0.1, 0.15) is 30.0 Å². The van der Waals surface area contributed by atoms with Crippen molar-refractivity contribution in [3.8, 4) is 11.5 Å². The number of amides is 1. The average molecular weight is 495 g/mol. The number of piperidine rings is 1. The predicted molar refractivity (Wildman–Crippen MR) is 134 cm³/mol. The van der Waals surface area contributed by atoms with Crippen LogP contribution in [0.4, 0.5) is 0 Å². The third-order valence-corrected chi connectivity index (χ3v) is 8.30. The molecule has 7 nitrogen and oxygen atoms in total. The van der Waals surface area contributed by atoms with Gasteiger partial charge in [0.1, 0.15) is 11.5 Å². The molecule has 4 rings (SSSR count). The molecule has 3 aromatic rings. The summed E-state index contributed by atoms with van der Waals surface area (Å²) < 4.78 is 37.9. The molecule has 35 heavy (non-hydrogen) atoms. The standard InChI is InChI=1S/C27H30N2O5S/c1-33-23-10-8-21(9-11-23)26(20-6-4-3-5-7-20)28-27(30)22-16-18-29(19-17-22)35(31,32)25-14-12-24(34-2)13-15-25/h3-15,22,26H,16-19H2,1-2H3,(H,28,30)/t26-/m0/s1. The van der Waals surface area contributed by atoms with Crippen molar-refractivity contribution in [2.45, 2.75) is 23.8 Å². The normalized spacial score (nSPS) is 15.8. The molecule has 0 bridgehead atoms. The van der Waals surface area contributed by atoms with E-state index in [0.717, 1.165) is 16.9 Å². The van der Waals surface area contributed by atoms with Gasteiger partial charge in [0.15, 0.2) is 0 Å². The highest BCUT2D eigenvalue weighted by atomic mass is 32.2. The zero-order chi connectivity index (χ0) is 24.8. The molecule has 0 spiro atoms. The van der Waals surface area contributed by atoms with Crippen LogP contribution < -0.4 is 14.8 Å². The molecule has 1 fully saturated rings. The second-order valence-electron chi connectivity index (χ2n) is 8.48. The van der Waals surface area contributed by atoms with Gasteiger partial charge in [0, 0.05) is 19.0 Å². The number of hydrogen-bond donors (Lipinski definition) is 1. The number of sulfonamides is 1. The lowest BCUT2D eigenvalue weighted by atomic mass is 9.94. The van der Waals surface area contributed by atoms with Gasteiger partial charge in [-0.05, 0) is 60.4 Å². The minimum atomic E-state index is -3.62. The highest BCUT2D eigenvalue weighted by molar-refractivity contribution is 7.89. The van der Waals surface area contributed by atoms with Gasteiger partial charge >= 0.3 is 0 Å². The number of rotatable bonds is 8.